The molecule has 0 fully saturated rings. The van der Waals surface area contributed by atoms with Crippen LogP contribution in [0.2, 0.25) is 10.0 Å². The minimum absolute atomic E-state index is 0.414. The number of hydrogen-bond donors (Lipinski definition) is 1. The molecule has 1 aromatic carbocycles. The molecule has 18 heavy (non-hydrogen) atoms. The van der Waals surface area contributed by atoms with Crippen molar-refractivity contribution < 1.29 is 4.74 Å². The Balaban J connectivity index is 2.53. The zero-order valence-electron chi connectivity index (χ0n) is 10.4. The first-order valence-electron chi connectivity index (χ1n) is 5.57. The topological polar surface area (TPSA) is 21.3 Å². The van der Waals surface area contributed by atoms with E-state index >= 15 is 0 Å². The molecule has 0 heterocycles. The average molecular weight is 353 g/mol. The van der Waals surface area contributed by atoms with E-state index in [2.05, 4.69) is 41.7 Å². The van der Waals surface area contributed by atoms with E-state index in [1.807, 2.05) is 0 Å². The molecular weight excluding hydrogens is 337 g/mol. The van der Waals surface area contributed by atoms with Crippen LogP contribution in [0.3, 0.4) is 0 Å². The first kappa shape index (κ1) is 15.8. The minimum Gasteiger partial charge on any atom is -0.488 e. The molecule has 0 aliphatic carbocycles. The second-order valence-electron chi connectivity index (χ2n) is 4.27. The van der Waals surface area contributed by atoms with Crippen LogP contribution >= 0.6 is 39.1 Å². The summed E-state index contributed by atoms with van der Waals surface area (Å²) < 4.78 is 6.34. The normalized spacial score (nSPS) is 10.8. The van der Waals surface area contributed by atoms with Gasteiger partial charge in [0.05, 0.1) is 10.0 Å². The fourth-order valence-corrected chi connectivity index (χ4v) is 2.04. The molecular formula is C13H16BrCl2NO. The Morgan fingerprint density at radius 2 is 2.06 bits per heavy atom. The Morgan fingerprint density at radius 1 is 1.39 bits per heavy atom. The Labute approximate surface area is 126 Å². The third kappa shape index (κ3) is 5.19. The molecule has 0 unspecified atom stereocenters. The third-order valence-corrected chi connectivity index (χ3v) is 3.66. The maximum Gasteiger partial charge on any atom is 0.139 e. The van der Waals surface area contributed by atoms with Crippen LogP contribution in [0.25, 0.3) is 0 Å². The number of halogens is 3. The standard InChI is InChI=1S/C13H16BrCl2NO/c1-8(2)17-6-9(3)7-18-13-5-11(15)10(14)4-12(13)16/h4-5,8,17H,3,6-7H2,1-2H3. The summed E-state index contributed by atoms with van der Waals surface area (Å²) in [5, 5.41) is 4.36. The second-order valence-corrected chi connectivity index (χ2v) is 5.94. The van der Waals surface area contributed by atoms with Gasteiger partial charge in [-0.05, 0) is 27.6 Å². The molecule has 1 N–H and O–H groups in total. The predicted octanol–water partition coefficient (Wildman–Crippen LogP) is 4.69. The number of ether oxygens (including phenoxy) is 1. The van der Waals surface area contributed by atoms with Crippen molar-refractivity contribution in [2.24, 2.45) is 0 Å². The lowest BCUT2D eigenvalue weighted by Gasteiger charge is -2.13. The number of hydrogen-bond acceptors (Lipinski definition) is 2. The van der Waals surface area contributed by atoms with Crippen LogP contribution < -0.4 is 10.1 Å². The summed E-state index contributed by atoms with van der Waals surface area (Å²) in [5.74, 6) is 0.565. The van der Waals surface area contributed by atoms with Gasteiger partial charge in [0.25, 0.3) is 0 Å². The van der Waals surface area contributed by atoms with Crippen molar-refractivity contribution in [3.8, 4) is 5.75 Å². The van der Waals surface area contributed by atoms with Gasteiger partial charge < -0.3 is 10.1 Å². The molecule has 0 aliphatic heterocycles. The summed E-state index contributed by atoms with van der Waals surface area (Å²) in [6.07, 6.45) is 0. The largest absolute Gasteiger partial charge is 0.488 e. The van der Waals surface area contributed by atoms with E-state index < -0.39 is 0 Å². The third-order valence-electron chi connectivity index (χ3n) is 2.17. The molecule has 0 aromatic heterocycles. The van der Waals surface area contributed by atoms with Crippen LogP contribution in [-0.2, 0) is 0 Å². The predicted molar refractivity (Wildman–Crippen MR) is 81.9 cm³/mol. The monoisotopic (exact) mass is 351 g/mol. The quantitative estimate of drug-likeness (QED) is 0.592. The van der Waals surface area contributed by atoms with Crippen molar-refractivity contribution in [1.82, 2.24) is 5.32 Å². The van der Waals surface area contributed by atoms with Crippen molar-refractivity contribution in [1.29, 1.82) is 0 Å². The SMILES string of the molecule is C=C(CNC(C)C)COc1cc(Cl)c(Br)cc1Cl. The van der Waals surface area contributed by atoms with Gasteiger partial charge in [-0.2, -0.15) is 0 Å². The van der Waals surface area contributed by atoms with Crippen molar-refractivity contribution in [3.05, 3.63) is 38.8 Å². The molecule has 0 aliphatic rings. The maximum atomic E-state index is 6.05. The fraction of sp³-hybridized carbons (Fsp3) is 0.385. The Hall–Kier alpha value is -0.220. The van der Waals surface area contributed by atoms with Crippen LogP contribution in [0.4, 0.5) is 0 Å². The Kier molecular flexibility index (Phi) is 6.50. The van der Waals surface area contributed by atoms with Gasteiger partial charge in [-0.3, -0.25) is 0 Å². The molecule has 100 valence electrons. The van der Waals surface area contributed by atoms with E-state index in [4.69, 9.17) is 27.9 Å². The Morgan fingerprint density at radius 3 is 2.67 bits per heavy atom. The van der Waals surface area contributed by atoms with Crippen LogP contribution in [0.15, 0.2) is 28.8 Å². The molecule has 0 atom stereocenters. The van der Waals surface area contributed by atoms with E-state index in [-0.39, 0.29) is 0 Å². The molecule has 2 nitrogen and oxygen atoms in total. The highest BCUT2D eigenvalue weighted by atomic mass is 79.9. The maximum absolute atomic E-state index is 6.05. The zero-order chi connectivity index (χ0) is 13.7. The Bertz CT molecular complexity index is 435. The van der Waals surface area contributed by atoms with Crippen LogP contribution in [0, 0.1) is 0 Å². The summed E-state index contributed by atoms with van der Waals surface area (Å²) >= 11 is 15.3. The van der Waals surface area contributed by atoms with Crippen LogP contribution in [-0.4, -0.2) is 19.2 Å². The first-order valence-corrected chi connectivity index (χ1v) is 7.12. The molecule has 1 rings (SSSR count). The summed E-state index contributed by atoms with van der Waals surface area (Å²) in [5.41, 5.74) is 0.957. The van der Waals surface area contributed by atoms with E-state index in [9.17, 15) is 0 Å². The lowest BCUT2D eigenvalue weighted by Crippen LogP contribution is -2.26. The second kappa shape index (κ2) is 7.39. The highest BCUT2D eigenvalue weighted by Gasteiger charge is 2.07. The van der Waals surface area contributed by atoms with Crippen LogP contribution in [0.5, 0.6) is 5.75 Å². The van der Waals surface area contributed by atoms with Gasteiger partial charge >= 0.3 is 0 Å². The van der Waals surface area contributed by atoms with Crippen molar-refractivity contribution in [2.75, 3.05) is 13.2 Å². The van der Waals surface area contributed by atoms with Gasteiger partial charge in [0.2, 0.25) is 0 Å². The summed E-state index contributed by atoms with van der Waals surface area (Å²) in [7, 11) is 0. The van der Waals surface area contributed by atoms with Crippen molar-refractivity contribution in [3.63, 3.8) is 0 Å². The molecule has 0 saturated heterocycles. The smallest absolute Gasteiger partial charge is 0.139 e. The minimum atomic E-state index is 0.414. The van der Waals surface area contributed by atoms with E-state index in [1.54, 1.807) is 12.1 Å². The lowest BCUT2D eigenvalue weighted by molar-refractivity contribution is 0.347. The van der Waals surface area contributed by atoms with E-state index in [0.29, 0.717) is 28.4 Å². The number of rotatable bonds is 6. The molecule has 0 amide bonds. The number of nitrogens with one attached hydrogen (secondary N) is 1. The lowest BCUT2D eigenvalue weighted by atomic mass is 10.3. The first-order chi connectivity index (χ1) is 8.40. The average Bonchev–Trinajstić information content (AvgIpc) is 2.29. The molecule has 0 spiro atoms. The van der Waals surface area contributed by atoms with Gasteiger partial charge in [-0.1, -0.05) is 43.6 Å². The van der Waals surface area contributed by atoms with Gasteiger partial charge in [0, 0.05) is 23.1 Å². The van der Waals surface area contributed by atoms with Crippen molar-refractivity contribution >= 4 is 39.1 Å². The number of benzene rings is 1. The zero-order valence-corrected chi connectivity index (χ0v) is 13.5. The van der Waals surface area contributed by atoms with E-state index in [0.717, 1.165) is 16.6 Å². The van der Waals surface area contributed by atoms with Crippen molar-refractivity contribution in [2.45, 2.75) is 19.9 Å². The summed E-state index contributed by atoms with van der Waals surface area (Å²) in [6, 6.07) is 3.83. The van der Waals surface area contributed by atoms with Gasteiger partial charge in [0.1, 0.15) is 12.4 Å². The highest BCUT2D eigenvalue weighted by Crippen LogP contribution is 2.34. The molecule has 0 saturated carbocycles. The van der Waals surface area contributed by atoms with Crippen LogP contribution in [0.1, 0.15) is 13.8 Å². The summed E-state index contributed by atoms with van der Waals surface area (Å²) in [4.78, 5) is 0. The molecule has 5 heteroatoms. The molecule has 0 bridgehead atoms. The van der Waals surface area contributed by atoms with Gasteiger partial charge in [0.15, 0.2) is 0 Å². The molecule has 0 radical (unpaired) electrons. The van der Waals surface area contributed by atoms with E-state index in [1.165, 1.54) is 0 Å². The summed E-state index contributed by atoms with van der Waals surface area (Å²) in [6.45, 7) is 9.24. The van der Waals surface area contributed by atoms with Gasteiger partial charge in [-0.25, -0.2) is 0 Å². The van der Waals surface area contributed by atoms with Gasteiger partial charge in [-0.15, -0.1) is 0 Å². The fourth-order valence-electron chi connectivity index (χ4n) is 1.19. The molecule has 1 aromatic rings. The highest BCUT2D eigenvalue weighted by molar-refractivity contribution is 9.10.